The van der Waals surface area contributed by atoms with Gasteiger partial charge in [0.15, 0.2) is 0 Å². The van der Waals surface area contributed by atoms with Crippen LogP contribution in [0.25, 0.3) is 0 Å². The number of hydrazone groups is 1. The second-order valence-electron chi connectivity index (χ2n) is 4.12. The Bertz CT molecular complexity index is 623. The third-order valence-electron chi connectivity index (χ3n) is 2.99. The lowest BCUT2D eigenvalue weighted by molar-refractivity contribution is 0.540. The van der Waals surface area contributed by atoms with Gasteiger partial charge in [0.1, 0.15) is 11.6 Å². The van der Waals surface area contributed by atoms with Gasteiger partial charge in [-0.25, -0.2) is 8.78 Å². The summed E-state index contributed by atoms with van der Waals surface area (Å²) in [7, 11) is 0. The van der Waals surface area contributed by atoms with Crippen LogP contribution in [0.3, 0.4) is 0 Å². The average Bonchev–Trinajstić information content (AvgIpc) is 2.38. The number of rotatable bonds is 1. The van der Waals surface area contributed by atoms with Gasteiger partial charge in [0.2, 0.25) is 0 Å². The lowest BCUT2D eigenvalue weighted by Gasteiger charge is -2.23. The van der Waals surface area contributed by atoms with Crippen LogP contribution in [0.2, 0.25) is 0 Å². The van der Waals surface area contributed by atoms with Crippen LogP contribution in [-0.2, 0) is 0 Å². The first kappa shape index (κ1) is 10.9. The molecule has 1 atom stereocenters. The van der Waals surface area contributed by atoms with Crippen LogP contribution in [0, 0.1) is 11.6 Å². The minimum Gasteiger partial charge on any atom is -0.298 e. The SMILES string of the molecule is Fc1ccc([C@H]2NN=Cc3ccccc32)c(F)c1. The predicted octanol–water partition coefficient (Wildman–Crippen LogP) is 2.99. The maximum absolute atomic E-state index is 13.8. The van der Waals surface area contributed by atoms with Crippen LogP contribution in [0.4, 0.5) is 8.78 Å². The molecule has 1 aliphatic heterocycles. The maximum atomic E-state index is 13.8. The summed E-state index contributed by atoms with van der Waals surface area (Å²) in [6, 6.07) is 10.8. The molecule has 1 aliphatic rings. The number of nitrogens with one attached hydrogen (secondary N) is 1. The number of hydrogen-bond acceptors (Lipinski definition) is 2. The highest BCUT2D eigenvalue weighted by Gasteiger charge is 2.22. The van der Waals surface area contributed by atoms with Crippen LogP contribution in [0.1, 0.15) is 22.7 Å². The summed E-state index contributed by atoms with van der Waals surface area (Å²) >= 11 is 0. The highest BCUT2D eigenvalue weighted by atomic mass is 19.1. The largest absolute Gasteiger partial charge is 0.298 e. The lowest BCUT2D eigenvalue weighted by Crippen LogP contribution is -2.23. The van der Waals surface area contributed by atoms with Gasteiger partial charge < -0.3 is 0 Å². The van der Waals surface area contributed by atoms with Gasteiger partial charge >= 0.3 is 0 Å². The highest BCUT2D eigenvalue weighted by molar-refractivity contribution is 5.83. The molecule has 18 heavy (non-hydrogen) atoms. The zero-order chi connectivity index (χ0) is 12.5. The fourth-order valence-electron chi connectivity index (χ4n) is 2.11. The quantitative estimate of drug-likeness (QED) is 0.819. The van der Waals surface area contributed by atoms with E-state index < -0.39 is 11.6 Å². The fraction of sp³-hybridized carbons (Fsp3) is 0.0714. The van der Waals surface area contributed by atoms with Crippen LogP contribution in [0.15, 0.2) is 47.6 Å². The summed E-state index contributed by atoms with van der Waals surface area (Å²) in [5, 5.41) is 4.00. The first-order chi connectivity index (χ1) is 8.75. The molecular weight excluding hydrogens is 234 g/mol. The number of halogens is 2. The fourth-order valence-corrected chi connectivity index (χ4v) is 2.11. The smallest absolute Gasteiger partial charge is 0.131 e. The molecule has 0 aromatic heterocycles. The van der Waals surface area contributed by atoms with E-state index in [9.17, 15) is 8.78 Å². The van der Waals surface area contributed by atoms with E-state index in [1.807, 2.05) is 24.3 Å². The lowest BCUT2D eigenvalue weighted by atomic mass is 9.94. The van der Waals surface area contributed by atoms with E-state index in [1.165, 1.54) is 12.1 Å². The Kier molecular flexibility index (Phi) is 2.55. The van der Waals surface area contributed by atoms with Crippen molar-refractivity contribution in [3.63, 3.8) is 0 Å². The number of fused-ring (bicyclic) bond motifs is 1. The van der Waals surface area contributed by atoms with Crippen LogP contribution in [-0.4, -0.2) is 6.21 Å². The molecule has 0 bridgehead atoms. The summed E-state index contributed by atoms with van der Waals surface area (Å²) in [4.78, 5) is 0. The Morgan fingerprint density at radius 2 is 1.83 bits per heavy atom. The molecule has 90 valence electrons. The third-order valence-corrected chi connectivity index (χ3v) is 2.99. The van der Waals surface area contributed by atoms with Crippen molar-refractivity contribution in [2.24, 2.45) is 5.10 Å². The Balaban J connectivity index is 2.11. The van der Waals surface area contributed by atoms with Crippen LogP contribution < -0.4 is 5.43 Å². The van der Waals surface area contributed by atoms with Gasteiger partial charge in [0, 0.05) is 17.2 Å². The minimum absolute atomic E-state index is 0.383. The summed E-state index contributed by atoms with van der Waals surface area (Å²) < 4.78 is 26.7. The Hall–Kier alpha value is -2.23. The Morgan fingerprint density at radius 3 is 2.67 bits per heavy atom. The standard InChI is InChI=1S/C14H10F2N2/c15-10-5-6-12(13(16)7-10)14-11-4-2-1-3-9(11)8-17-18-14/h1-8,14,18H/t14-/m0/s1. The molecule has 2 aromatic rings. The number of benzene rings is 2. The molecule has 0 aliphatic carbocycles. The molecular formula is C14H10F2N2. The summed E-state index contributed by atoms with van der Waals surface area (Å²) in [5.74, 6) is -1.15. The average molecular weight is 244 g/mol. The van der Waals surface area contributed by atoms with Crippen molar-refractivity contribution < 1.29 is 8.78 Å². The maximum Gasteiger partial charge on any atom is 0.131 e. The van der Waals surface area contributed by atoms with Crippen molar-refractivity contribution in [1.29, 1.82) is 0 Å². The van der Waals surface area contributed by atoms with Crippen LogP contribution >= 0.6 is 0 Å². The Labute approximate surface area is 103 Å². The monoisotopic (exact) mass is 244 g/mol. The number of nitrogens with zero attached hydrogens (tertiary/aromatic N) is 1. The summed E-state index contributed by atoms with van der Waals surface area (Å²) in [6.45, 7) is 0. The van der Waals surface area contributed by atoms with E-state index in [1.54, 1.807) is 6.21 Å². The van der Waals surface area contributed by atoms with E-state index in [-0.39, 0.29) is 6.04 Å². The molecule has 2 aromatic carbocycles. The van der Waals surface area contributed by atoms with Gasteiger partial charge in [0.25, 0.3) is 0 Å². The molecule has 0 saturated heterocycles. The first-order valence-electron chi connectivity index (χ1n) is 5.58. The molecule has 2 nitrogen and oxygen atoms in total. The van der Waals surface area contributed by atoms with Gasteiger partial charge in [-0.15, -0.1) is 0 Å². The summed E-state index contributed by atoms with van der Waals surface area (Å²) in [6.07, 6.45) is 1.69. The molecule has 0 radical (unpaired) electrons. The van der Waals surface area contributed by atoms with Crippen molar-refractivity contribution in [2.45, 2.75) is 6.04 Å². The van der Waals surface area contributed by atoms with E-state index >= 15 is 0 Å². The molecule has 0 saturated carbocycles. The minimum atomic E-state index is -0.580. The van der Waals surface area contributed by atoms with E-state index in [0.29, 0.717) is 5.56 Å². The van der Waals surface area contributed by atoms with E-state index in [4.69, 9.17) is 0 Å². The van der Waals surface area contributed by atoms with Gasteiger partial charge in [-0.3, -0.25) is 5.43 Å². The van der Waals surface area contributed by atoms with Gasteiger partial charge in [-0.1, -0.05) is 30.3 Å². The van der Waals surface area contributed by atoms with Gasteiger partial charge in [0.05, 0.1) is 12.3 Å². The highest BCUT2D eigenvalue weighted by Crippen LogP contribution is 2.28. The molecule has 0 amide bonds. The van der Waals surface area contributed by atoms with Crippen molar-refractivity contribution >= 4 is 6.21 Å². The summed E-state index contributed by atoms with van der Waals surface area (Å²) in [5.41, 5.74) is 5.11. The van der Waals surface area contributed by atoms with Crippen molar-refractivity contribution in [3.8, 4) is 0 Å². The van der Waals surface area contributed by atoms with E-state index in [2.05, 4.69) is 10.5 Å². The zero-order valence-electron chi connectivity index (χ0n) is 9.40. The van der Waals surface area contributed by atoms with Gasteiger partial charge in [-0.2, -0.15) is 5.10 Å². The first-order valence-corrected chi connectivity index (χ1v) is 5.58. The normalized spacial score (nSPS) is 17.1. The molecule has 0 fully saturated rings. The molecule has 0 unspecified atom stereocenters. The van der Waals surface area contributed by atoms with Crippen molar-refractivity contribution in [1.82, 2.24) is 5.43 Å². The van der Waals surface area contributed by atoms with E-state index in [0.717, 1.165) is 17.2 Å². The predicted molar refractivity (Wildman–Crippen MR) is 65.4 cm³/mol. The molecule has 1 N–H and O–H groups in total. The van der Waals surface area contributed by atoms with Crippen LogP contribution in [0.5, 0.6) is 0 Å². The van der Waals surface area contributed by atoms with Crippen molar-refractivity contribution in [2.75, 3.05) is 0 Å². The third kappa shape index (κ3) is 1.76. The zero-order valence-corrected chi connectivity index (χ0v) is 9.40. The Morgan fingerprint density at radius 1 is 1.00 bits per heavy atom. The number of hydrogen-bond donors (Lipinski definition) is 1. The second-order valence-corrected chi connectivity index (χ2v) is 4.12. The second kappa shape index (κ2) is 4.22. The van der Waals surface area contributed by atoms with Gasteiger partial charge in [-0.05, 0) is 11.6 Å². The molecule has 4 heteroatoms. The molecule has 3 rings (SSSR count). The molecule has 0 spiro atoms. The molecule has 1 heterocycles. The topological polar surface area (TPSA) is 24.4 Å². The van der Waals surface area contributed by atoms with Crippen molar-refractivity contribution in [3.05, 3.63) is 70.8 Å².